The van der Waals surface area contributed by atoms with E-state index in [1.165, 1.54) is 116 Å². The third-order valence-electron chi connectivity index (χ3n) is 8.54. The van der Waals surface area contributed by atoms with Crippen LogP contribution < -0.4 is 0 Å². The van der Waals surface area contributed by atoms with Gasteiger partial charge in [0.05, 0.1) is 0 Å². The standard InChI is InChI=1S/C21H38O4.2C11H20O2/c22-20(23)18-16-14-12-10-8-6-4-2-1-3-5-7-9-11-13-15-17-19-21(24)25;2*1-2-3-4-5-6-7-8-9-10-11(12)13/h1-2H,3-19H2,(H,22,23)(H,24,25);2*2H,1,3-10H2,(H,12,13)/b2-1-;;. The number of carbonyl (C=O) groups is 4. The van der Waals surface area contributed by atoms with Gasteiger partial charge in [0.15, 0.2) is 0 Å². The van der Waals surface area contributed by atoms with Gasteiger partial charge in [-0.3, -0.25) is 19.2 Å². The molecule has 0 amide bonds. The van der Waals surface area contributed by atoms with Crippen LogP contribution in [0, 0.1) is 0 Å². The van der Waals surface area contributed by atoms with E-state index in [-0.39, 0.29) is 0 Å². The summed E-state index contributed by atoms with van der Waals surface area (Å²) in [6, 6.07) is 0. The molecule has 0 saturated heterocycles. The molecule has 51 heavy (non-hydrogen) atoms. The van der Waals surface area contributed by atoms with Crippen LogP contribution in [-0.4, -0.2) is 44.3 Å². The third kappa shape index (κ3) is 62.7. The van der Waals surface area contributed by atoms with Gasteiger partial charge in [0.2, 0.25) is 0 Å². The quantitative estimate of drug-likeness (QED) is 0.0365. The van der Waals surface area contributed by atoms with Crippen molar-refractivity contribution in [2.45, 2.75) is 212 Å². The summed E-state index contributed by atoms with van der Waals surface area (Å²) in [6.07, 6.45) is 42.7. The molecule has 0 spiro atoms. The lowest BCUT2D eigenvalue weighted by atomic mass is 10.1. The summed E-state index contributed by atoms with van der Waals surface area (Å²) in [6.45, 7) is 7.32. The highest BCUT2D eigenvalue weighted by Crippen LogP contribution is 2.12. The van der Waals surface area contributed by atoms with Crippen LogP contribution in [0.2, 0.25) is 0 Å². The minimum absolute atomic E-state index is 0.313. The minimum Gasteiger partial charge on any atom is -0.481 e. The van der Waals surface area contributed by atoms with Gasteiger partial charge in [0.25, 0.3) is 0 Å². The minimum atomic E-state index is -0.680. The Morgan fingerprint density at radius 1 is 0.294 bits per heavy atom. The number of carboxylic acid groups (broad SMARTS) is 4. The van der Waals surface area contributed by atoms with Gasteiger partial charge in [-0.15, -0.1) is 13.2 Å². The molecule has 0 heterocycles. The van der Waals surface area contributed by atoms with E-state index in [1.807, 2.05) is 12.2 Å². The number of hydrogen-bond donors (Lipinski definition) is 4. The predicted molar refractivity (Wildman–Crippen MR) is 212 cm³/mol. The Bertz CT molecular complexity index is 802. The first-order valence-electron chi connectivity index (χ1n) is 20.4. The van der Waals surface area contributed by atoms with E-state index in [2.05, 4.69) is 25.3 Å². The Labute approximate surface area is 312 Å². The molecule has 0 aromatic heterocycles. The second-order valence-corrected chi connectivity index (χ2v) is 13.6. The van der Waals surface area contributed by atoms with Gasteiger partial charge in [-0.25, -0.2) is 0 Å². The number of allylic oxidation sites excluding steroid dienone is 4. The van der Waals surface area contributed by atoms with Crippen LogP contribution in [0.25, 0.3) is 0 Å². The van der Waals surface area contributed by atoms with Crippen LogP contribution >= 0.6 is 0 Å². The van der Waals surface area contributed by atoms with Gasteiger partial charge in [-0.05, 0) is 77.0 Å². The number of aliphatic carboxylic acids is 4. The summed E-state index contributed by atoms with van der Waals surface area (Å²) in [5, 5.41) is 33.8. The van der Waals surface area contributed by atoms with Crippen molar-refractivity contribution in [3.63, 3.8) is 0 Å². The van der Waals surface area contributed by atoms with Gasteiger partial charge in [0, 0.05) is 25.7 Å². The lowest BCUT2D eigenvalue weighted by Crippen LogP contribution is -1.93. The van der Waals surface area contributed by atoms with Crippen LogP contribution in [0.5, 0.6) is 0 Å². The Hall–Kier alpha value is -2.90. The molecule has 0 bridgehead atoms. The van der Waals surface area contributed by atoms with Crippen LogP contribution in [0.15, 0.2) is 37.5 Å². The Balaban J connectivity index is -0.000000746. The fourth-order valence-corrected chi connectivity index (χ4v) is 5.45. The van der Waals surface area contributed by atoms with Crippen molar-refractivity contribution in [2.75, 3.05) is 0 Å². The summed E-state index contributed by atoms with van der Waals surface area (Å²) in [5.74, 6) is -2.71. The van der Waals surface area contributed by atoms with Crippen molar-refractivity contribution in [1.29, 1.82) is 0 Å². The van der Waals surface area contributed by atoms with Gasteiger partial charge < -0.3 is 20.4 Å². The summed E-state index contributed by atoms with van der Waals surface area (Å²) in [5.41, 5.74) is 0. The number of rotatable bonds is 37. The molecule has 8 nitrogen and oxygen atoms in total. The maximum absolute atomic E-state index is 10.4. The number of unbranched alkanes of at least 4 members (excludes halogenated alkanes) is 25. The molecule has 8 heteroatoms. The molecule has 0 fully saturated rings. The Morgan fingerprint density at radius 3 is 0.667 bits per heavy atom. The molecule has 0 unspecified atom stereocenters. The van der Waals surface area contributed by atoms with Crippen molar-refractivity contribution < 1.29 is 39.6 Å². The third-order valence-corrected chi connectivity index (χ3v) is 8.54. The molecule has 0 saturated carbocycles. The highest BCUT2D eigenvalue weighted by atomic mass is 16.4. The lowest BCUT2D eigenvalue weighted by Gasteiger charge is -2.00. The molecule has 0 atom stereocenters. The van der Waals surface area contributed by atoms with Crippen molar-refractivity contribution in [3.8, 4) is 0 Å². The van der Waals surface area contributed by atoms with Crippen LogP contribution in [0.3, 0.4) is 0 Å². The van der Waals surface area contributed by atoms with E-state index in [1.54, 1.807) is 0 Å². The second kappa shape index (κ2) is 47.1. The molecule has 0 rings (SSSR count). The first-order valence-corrected chi connectivity index (χ1v) is 20.4. The predicted octanol–water partition coefficient (Wildman–Crippen LogP) is 13.1. The van der Waals surface area contributed by atoms with E-state index >= 15 is 0 Å². The summed E-state index contributed by atoms with van der Waals surface area (Å²) < 4.78 is 0. The largest absolute Gasteiger partial charge is 0.481 e. The summed E-state index contributed by atoms with van der Waals surface area (Å²) in [7, 11) is 0. The molecular formula is C43H78O8. The van der Waals surface area contributed by atoms with Gasteiger partial charge in [0.1, 0.15) is 0 Å². The zero-order valence-electron chi connectivity index (χ0n) is 32.5. The molecule has 0 aliphatic rings. The molecule has 0 aromatic carbocycles. The van der Waals surface area contributed by atoms with Crippen LogP contribution in [0.1, 0.15) is 212 Å². The Kier molecular flexibility index (Phi) is 48.4. The zero-order valence-corrected chi connectivity index (χ0v) is 32.5. The highest BCUT2D eigenvalue weighted by molar-refractivity contribution is 5.67. The average Bonchev–Trinajstić information content (AvgIpc) is 3.08. The highest BCUT2D eigenvalue weighted by Gasteiger charge is 1.99. The summed E-state index contributed by atoms with van der Waals surface area (Å²) in [4.78, 5) is 41.1. The maximum atomic E-state index is 10.4. The Morgan fingerprint density at radius 2 is 0.471 bits per heavy atom. The van der Waals surface area contributed by atoms with E-state index < -0.39 is 23.9 Å². The van der Waals surface area contributed by atoms with Crippen molar-refractivity contribution in [2.24, 2.45) is 0 Å². The molecule has 0 radical (unpaired) electrons. The first kappa shape index (κ1) is 52.5. The molecule has 0 aromatic rings. The molecule has 298 valence electrons. The van der Waals surface area contributed by atoms with Gasteiger partial charge in [-0.1, -0.05) is 133 Å². The van der Waals surface area contributed by atoms with Crippen molar-refractivity contribution in [1.82, 2.24) is 0 Å². The van der Waals surface area contributed by atoms with Crippen molar-refractivity contribution in [3.05, 3.63) is 37.5 Å². The lowest BCUT2D eigenvalue weighted by molar-refractivity contribution is -0.138. The first-order chi connectivity index (χ1) is 24.7. The fourth-order valence-electron chi connectivity index (χ4n) is 5.45. The van der Waals surface area contributed by atoms with E-state index in [0.29, 0.717) is 25.7 Å². The van der Waals surface area contributed by atoms with Crippen molar-refractivity contribution >= 4 is 23.9 Å². The normalized spacial score (nSPS) is 10.5. The fraction of sp³-hybridized carbons (Fsp3) is 0.767. The topological polar surface area (TPSA) is 149 Å². The second-order valence-electron chi connectivity index (χ2n) is 13.6. The molecule has 0 aliphatic heterocycles. The van der Waals surface area contributed by atoms with E-state index in [9.17, 15) is 19.2 Å². The summed E-state index contributed by atoms with van der Waals surface area (Å²) >= 11 is 0. The van der Waals surface area contributed by atoms with Gasteiger partial charge in [-0.2, -0.15) is 0 Å². The molecule has 0 aliphatic carbocycles. The van der Waals surface area contributed by atoms with E-state index in [0.717, 1.165) is 70.6 Å². The van der Waals surface area contributed by atoms with E-state index in [4.69, 9.17) is 20.4 Å². The smallest absolute Gasteiger partial charge is 0.303 e. The maximum Gasteiger partial charge on any atom is 0.303 e. The molecule has 4 N–H and O–H groups in total. The monoisotopic (exact) mass is 723 g/mol. The average molecular weight is 723 g/mol. The number of hydrogen-bond acceptors (Lipinski definition) is 4. The zero-order chi connectivity index (χ0) is 38.5. The SMILES string of the molecule is C=CCCCCCCCCC(=O)O.C=CCCCCCCCCC(=O)O.O=C(O)CCCCCCCC/C=C\CCCCCCCCCC(=O)O. The van der Waals surface area contributed by atoms with Crippen LogP contribution in [-0.2, 0) is 19.2 Å². The van der Waals surface area contributed by atoms with Gasteiger partial charge >= 0.3 is 23.9 Å². The number of carboxylic acids is 4. The molecular weight excluding hydrogens is 644 g/mol. The van der Waals surface area contributed by atoms with Crippen LogP contribution in [0.4, 0.5) is 0 Å².